The van der Waals surface area contributed by atoms with Crippen LogP contribution in [-0.4, -0.2) is 15.8 Å². The lowest BCUT2D eigenvalue weighted by Gasteiger charge is -2.28. The van der Waals surface area contributed by atoms with E-state index in [1.54, 1.807) is 0 Å². The standard InChI is InChI=1S/C12H21N3/c1-10(11-6-4-3-5-7-11)14-12-8-13-15(2)9-12/h8-11,14H,3-7H2,1-2H3. The van der Waals surface area contributed by atoms with Crippen LogP contribution >= 0.6 is 0 Å². The number of nitrogens with zero attached hydrogens (tertiary/aromatic N) is 2. The van der Waals surface area contributed by atoms with Crippen molar-refractivity contribution in [1.82, 2.24) is 9.78 Å². The summed E-state index contributed by atoms with van der Waals surface area (Å²) in [6, 6.07) is 0.578. The quantitative estimate of drug-likeness (QED) is 0.826. The van der Waals surface area contributed by atoms with Gasteiger partial charge in [0, 0.05) is 19.3 Å². The molecule has 1 fully saturated rings. The number of anilines is 1. The summed E-state index contributed by atoms with van der Waals surface area (Å²) in [5, 5.41) is 7.72. The highest BCUT2D eigenvalue weighted by Gasteiger charge is 2.19. The summed E-state index contributed by atoms with van der Waals surface area (Å²) in [5.41, 5.74) is 1.15. The molecule has 0 amide bonds. The van der Waals surface area contributed by atoms with Gasteiger partial charge in [0.25, 0.3) is 0 Å². The molecule has 1 aromatic heterocycles. The molecule has 0 bridgehead atoms. The minimum Gasteiger partial charge on any atom is -0.380 e. The van der Waals surface area contributed by atoms with Crippen LogP contribution in [0.3, 0.4) is 0 Å². The van der Waals surface area contributed by atoms with E-state index in [0.717, 1.165) is 11.6 Å². The van der Waals surface area contributed by atoms with Gasteiger partial charge in [0.05, 0.1) is 11.9 Å². The Bertz CT molecular complexity index is 300. The SMILES string of the molecule is CC(Nc1cnn(C)c1)C1CCCCC1. The van der Waals surface area contributed by atoms with Gasteiger partial charge in [0.2, 0.25) is 0 Å². The van der Waals surface area contributed by atoms with Crippen molar-refractivity contribution in [2.75, 3.05) is 5.32 Å². The summed E-state index contributed by atoms with van der Waals surface area (Å²) < 4.78 is 1.84. The lowest BCUT2D eigenvalue weighted by molar-refractivity contribution is 0.328. The normalized spacial score (nSPS) is 20.1. The zero-order valence-electron chi connectivity index (χ0n) is 9.74. The van der Waals surface area contributed by atoms with Gasteiger partial charge >= 0.3 is 0 Å². The van der Waals surface area contributed by atoms with Crippen LogP contribution in [0.4, 0.5) is 5.69 Å². The van der Waals surface area contributed by atoms with Crippen LogP contribution in [-0.2, 0) is 7.05 Å². The summed E-state index contributed by atoms with van der Waals surface area (Å²) in [5.74, 6) is 0.846. The van der Waals surface area contributed by atoms with Crippen molar-refractivity contribution in [2.24, 2.45) is 13.0 Å². The van der Waals surface area contributed by atoms with Crippen molar-refractivity contribution in [3.8, 4) is 0 Å². The van der Waals surface area contributed by atoms with Crippen LogP contribution < -0.4 is 5.32 Å². The molecule has 1 aromatic rings. The molecule has 0 aromatic carbocycles. The van der Waals surface area contributed by atoms with Crippen molar-refractivity contribution in [3.63, 3.8) is 0 Å². The molecule has 0 spiro atoms. The molecule has 3 nitrogen and oxygen atoms in total. The van der Waals surface area contributed by atoms with Crippen molar-refractivity contribution >= 4 is 5.69 Å². The highest BCUT2D eigenvalue weighted by Crippen LogP contribution is 2.27. The summed E-state index contributed by atoms with van der Waals surface area (Å²) in [6.07, 6.45) is 10.9. The van der Waals surface area contributed by atoms with E-state index in [9.17, 15) is 0 Å². The first-order valence-corrected chi connectivity index (χ1v) is 6.01. The molecule has 15 heavy (non-hydrogen) atoms. The Balaban J connectivity index is 1.88. The minimum absolute atomic E-state index is 0.578. The van der Waals surface area contributed by atoms with Crippen molar-refractivity contribution in [1.29, 1.82) is 0 Å². The van der Waals surface area contributed by atoms with E-state index in [-0.39, 0.29) is 0 Å². The van der Waals surface area contributed by atoms with E-state index in [1.807, 2.05) is 24.1 Å². The van der Waals surface area contributed by atoms with Crippen molar-refractivity contribution in [3.05, 3.63) is 12.4 Å². The number of aromatic nitrogens is 2. The smallest absolute Gasteiger partial charge is 0.0728 e. The van der Waals surface area contributed by atoms with Crippen LogP contribution in [0.25, 0.3) is 0 Å². The summed E-state index contributed by atoms with van der Waals surface area (Å²) >= 11 is 0. The Hall–Kier alpha value is -0.990. The molecule has 3 heteroatoms. The Morgan fingerprint density at radius 3 is 2.73 bits per heavy atom. The summed E-state index contributed by atoms with van der Waals surface area (Å²) in [6.45, 7) is 2.29. The predicted molar refractivity (Wildman–Crippen MR) is 62.9 cm³/mol. The van der Waals surface area contributed by atoms with Crippen LogP contribution in [0.2, 0.25) is 0 Å². The maximum absolute atomic E-state index is 4.17. The monoisotopic (exact) mass is 207 g/mol. The van der Waals surface area contributed by atoms with Gasteiger partial charge in [-0.15, -0.1) is 0 Å². The molecular formula is C12H21N3. The van der Waals surface area contributed by atoms with E-state index < -0.39 is 0 Å². The second kappa shape index (κ2) is 4.69. The first-order valence-electron chi connectivity index (χ1n) is 6.01. The molecule has 1 unspecified atom stereocenters. The Labute approximate surface area is 91.9 Å². The van der Waals surface area contributed by atoms with Crippen LogP contribution in [0.1, 0.15) is 39.0 Å². The predicted octanol–water partition coefficient (Wildman–Crippen LogP) is 2.80. The zero-order valence-corrected chi connectivity index (χ0v) is 9.74. The van der Waals surface area contributed by atoms with Crippen LogP contribution in [0.5, 0.6) is 0 Å². The highest BCUT2D eigenvalue weighted by atomic mass is 15.3. The number of aryl methyl sites for hydroxylation is 1. The lowest BCUT2D eigenvalue weighted by atomic mass is 9.84. The molecule has 1 aliphatic rings. The Morgan fingerprint density at radius 2 is 2.13 bits per heavy atom. The number of hydrogen-bond acceptors (Lipinski definition) is 2. The maximum atomic E-state index is 4.17. The molecule has 1 N–H and O–H groups in total. The zero-order chi connectivity index (χ0) is 10.7. The fourth-order valence-electron chi connectivity index (χ4n) is 2.51. The molecule has 1 heterocycles. The number of rotatable bonds is 3. The third kappa shape index (κ3) is 2.74. The van der Waals surface area contributed by atoms with Gasteiger partial charge in [-0.3, -0.25) is 4.68 Å². The fourth-order valence-corrected chi connectivity index (χ4v) is 2.51. The average molecular weight is 207 g/mol. The van der Waals surface area contributed by atoms with Gasteiger partial charge in [0.15, 0.2) is 0 Å². The molecule has 2 rings (SSSR count). The second-order valence-corrected chi connectivity index (χ2v) is 4.73. The van der Waals surface area contributed by atoms with Gasteiger partial charge in [-0.25, -0.2) is 0 Å². The number of hydrogen-bond donors (Lipinski definition) is 1. The fraction of sp³-hybridized carbons (Fsp3) is 0.750. The van der Waals surface area contributed by atoms with Crippen molar-refractivity contribution in [2.45, 2.75) is 45.1 Å². The van der Waals surface area contributed by atoms with E-state index in [4.69, 9.17) is 0 Å². The average Bonchev–Trinajstić information content (AvgIpc) is 2.65. The van der Waals surface area contributed by atoms with Crippen molar-refractivity contribution < 1.29 is 0 Å². The number of nitrogens with one attached hydrogen (secondary N) is 1. The van der Waals surface area contributed by atoms with Gasteiger partial charge in [-0.1, -0.05) is 19.3 Å². The maximum Gasteiger partial charge on any atom is 0.0728 e. The van der Waals surface area contributed by atoms with E-state index in [1.165, 1.54) is 32.1 Å². The highest BCUT2D eigenvalue weighted by molar-refractivity contribution is 5.39. The second-order valence-electron chi connectivity index (χ2n) is 4.73. The first-order chi connectivity index (χ1) is 7.25. The molecular weight excluding hydrogens is 186 g/mol. The lowest BCUT2D eigenvalue weighted by Crippen LogP contribution is -2.27. The van der Waals surface area contributed by atoms with E-state index in [2.05, 4.69) is 17.3 Å². The molecule has 1 saturated carbocycles. The first kappa shape index (κ1) is 10.5. The Morgan fingerprint density at radius 1 is 1.40 bits per heavy atom. The van der Waals surface area contributed by atoms with Crippen LogP contribution in [0.15, 0.2) is 12.4 Å². The minimum atomic E-state index is 0.578. The molecule has 1 atom stereocenters. The Kier molecular flexibility index (Phi) is 3.29. The van der Waals surface area contributed by atoms with Gasteiger partial charge in [-0.2, -0.15) is 5.10 Å². The largest absolute Gasteiger partial charge is 0.380 e. The molecule has 0 saturated heterocycles. The topological polar surface area (TPSA) is 29.9 Å². The van der Waals surface area contributed by atoms with E-state index >= 15 is 0 Å². The third-order valence-corrected chi connectivity index (χ3v) is 3.46. The summed E-state index contributed by atoms with van der Waals surface area (Å²) in [4.78, 5) is 0. The molecule has 0 radical (unpaired) electrons. The molecule has 0 aliphatic heterocycles. The van der Waals surface area contributed by atoms with Gasteiger partial charge in [0.1, 0.15) is 0 Å². The van der Waals surface area contributed by atoms with E-state index in [0.29, 0.717) is 6.04 Å². The summed E-state index contributed by atoms with van der Waals surface area (Å²) in [7, 11) is 1.95. The van der Waals surface area contributed by atoms with Gasteiger partial charge in [-0.05, 0) is 25.7 Å². The van der Waals surface area contributed by atoms with Crippen LogP contribution in [0, 0.1) is 5.92 Å². The molecule has 1 aliphatic carbocycles. The third-order valence-electron chi connectivity index (χ3n) is 3.46. The molecule has 84 valence electrons. The van der Waals surface area contributed by atoms with Gasteiger partial charge < -0.3 is 5.32 Å².